The first kappa shape index (κ1) is 15.9. The van der Waals surface area contributed by atoms with Gasteiger partial charge in [-0.15, -0.1) is 0 Å². The minimum atomic E-state index is -0.613. The van der Waals surface area contributed by atoms with Gasteiger partial charge in [0, 0.05) is 25.2 Å². The van der Waals surface area contributed by atoms with Gasteiger partial charge in [0.25, 0.3) is 0 Å². The van der Waals surface area contributed by atoms with Crippen molar-refractivity contribution in [1.82, 2.24) is 10.2 Å². The highest BCUT2D eigenvalue weighted by Crippen LogP contribution is 2.37. The molecule has 1 aromatic carbocycles. The summed E-state index contributed by atoms with van der Waals surface area (Å²) >= 11 is 0. The van der Waals surface area contributed by atoms with E-state index < -0.39 is 23.3 Å². The van der Waals surface area contributed by atoms with Crippen LogP contribution in [-0.4, -0.2) is 52.4 Å². The number of hydrogen-bond acceptors (Lipinski definition) is 5. The van der Waals surface area contributed by atoms with Crippen LogP contribution in [0.15, 0.2) is 12.1 Å². The van der Waals surface area contributed by atoms with Crippen LogP contribution in [0.1, 0.15) is 13.8 Å². The maximum absolute atomic E-state index is 11.6. The van der Waals surface area contributed by atoms with Gasteiger partial charge in [-0.2, -0.15) is 0 Å². The van der Waals surface area contributed by atoms with E-state index in [4.69, 9.17) is 0 Å². The molecule has 0 radical (unpaired) electrons. The molecular weight excluding hydrogens is 262 g/mol. The Hall–Kier alpha value is -2.15. The van der Waals surface area contributed by atoms with Crippen LogP contribution in [0.3, 0.4) is 0 Å². The Labute approximate surface area is 117 Å². The molecule has 0 bridgehead atoms. The van der Waals surface area contributed by atoms with E-state index >= 15 is 0 Å². The van der Waals surface area contributed by atoms with Crippen LogP contribution < -0.4 is 10.6 Å². The number of phenols is 3. The number of rotatable bonds is 6. The van der Waals surface area contributed by atoms with Crippen LogP contribution >= 0.6 is 0 Å². The summed E-state index contributed by atoms with van der Waals surface area (Å²) < 4.78 is 0. The minimum Gasteiger partial charge on any atom is -0.504 e. The maximum Gasteiger partial charge on any atom is 0.319 e. The summed E-state index contributed by atoms with van der Waals surface area (Å²) in [6, 6.07) is 1.86. The molecule has 0 spiro atoms. The molecule has 0 atom stereocenters. The van der Waals surface area contributed by atoms with Gasteiger partial charge in [0.15, 0.2) is 17.2 Å². The number of benzene rings is 1. The van der Waals surface area contributed by atoms with E-state index in [1.807, 2.05) is 13.8 Å². The second kappa shape index (κ2) is 7.44. The number of anilines is 1. The Morgan fingerprint density at radius 1 is 1.15 bits per heavy atom. The fourth-order valence-corrected chi connectivity index (χ4v) is 1.72. The van der Waals surface area contributed by atoms with E-state index in [2.05, 4.69) is 15.5 Å². The van der Waals surface area contributed by atoms with E-state index in [1.54, 1.807) is 0 Å². The van der Waals surface area contributed by atoms with Crippen molar-refractivity contribution >= 4 is 11.7 Å². The third-order valence-corrected chi connectivity index (χ3v) is 2.94. The molecule has 2 amide bonds. The van der Waals surface area contributed by atoms with Crippen molar-refractivity contribution in [2.24, 2.45) is 0 Å². The molecule has 0 aliphatic carbocycles. The molecule has 1 rings (SSSR count). The third-order valence-electron chi connectivity index (χ3n) is 2.94. The fourth-order valence-electron chi connectivity index (χ4n) is 1.72. The first-order valence-corrected chi connectivity index (χ1v) is 6.50. The molecule has 7 nitrogen and oxygen atoms in total. The molecule has 5 N–H and O–H groups in total. The van der Waals surface area contributed by atoms with Crippen LogP contribution in [0, 0.1) is 0 Å². The minimum absolute atomic E-state index is 0.193. The Kier molecular flexibility index (Phi) is 5.92. The predicted molar refractivity (Wildman–Crippen MR) is 76.2 cm³/mol. The fraction of sp³-hybridized carbons (Fsp3) is 0.462. The Balaban J connectivity index is 2.47. The van der Waals surface area contributed by atoms with Crippen molar-refractivity contribution in [1.29, 1.82) is 0 Å². The van der Waals surface area contributed by atoms with Gasteiger partial charge in [-0.05, 0) is 13.1 Å². The number of nitrogens with zero attached hydrogens (tertiary/aromatic N) is 1. The molecular formula is C13H21N3O4. The lowest BCUT2D eigenvalue weighted by Crippen LogP contribution is -2.36. The number of likely N-dealkylation sites (N-methyl/N-ethyl adjacent to an activating group) is 1. The van der Waals surface area contributed by atoms with Crippen molar-refractivity contribution in [3.05, 3.63) is 12.1 Å². The molecule has 112 valence electrons. The smallest absolute Gasteiger partial charge is 0.319 e. The van der Waals surface area contributed by atoms with Crippen molar-refractivity contribution in [3.8, 4) is 17.2 Å². The molecule has 0 aliphatic rings. The number of amides is 2. The average Bonchev–Trinajstić information content (AvgIpc) is 2.41. The second-order valence-electron chi connectivity index (χ2n) is 4.27. The number of carbonyl (C=O) groups excluding carboxylic acids is 1. The van der Waals surface area contributed by atoms with E-state index in [0.29, 0.717) is 6.54 Å². The first-order valence-electron chi connectivity index (χ1n) is 6.50. The largest absolute Gasteiger partial charge is 0.504 e. The molecule has 0 saturated carbocycles. The molecule has 0 fully saturated rings. The normalized spacial score (nSPS) is 10.6. The van der Waals surface area contributed by atoms with Gasteiger partial charge in [-0.1, -0.05) is 13.8 Å². The van der Waals surface area contributed by atoms with E-state index in [-0.39, 0.29) is 5.69 Å². The summed E-state index contributed by atoms with van der Waals surface area (Å²) in [6.07, 6.45) is 0. The number of phenolic OH excluding ortho intramolecular Hbond substituents is 3. The molecule has 0 heterocycles. The number of urea groups is 1. The zero-order valence-electron chi connectivity index (χ0n) is 11.7. The molecule has 0 unspecified atom stereocenters. The zero-order chi connectivity index (χ0) is 15.1. The summed E-state index contributed by atoms with van der Waals surface area (Å²) in [6.45, 7) is 7.16. The summed E-state index contributed by atoms with van der Waals surface area (Å²) in [5.74, 6) is -1.61. The average molecular weight is 283 g/mol. The highest BCUT2D eigenvalue weighted by atomic mass is 16.3. The molecule has 20 heavy (non-hydrogen) atoms. The van der Waals surface area contributed by atoms with E-state index in [1.165, 1.54) is 0 Å². The zero-order valence-corrected chi connectivity index (χ0v) is 11.7. The number of nitrogens with one attached hydrogen (secondary N) is 2. The topological polar surface area (TPSA) is 105 Å². The SMILES string of the molecule is CCN(CC)CCNC(=O)Nc1cc(O)c(O)c(O)c1. The van der Waals surface area contributed by atoms with Gasteiger partial charge < -0.3 is 30.9 Å². The summed E-state index contributed by atoms with van der Waals surface area (Å²) in [7, 11) is 0. The molecule has 0 aliphatic heterocycles. The van der Waals surface area contributed by atoms with Gasteiger partial charge >= 0.3 is 6.03 Å². The lowest BCUT2D eigenvalue weighted by Gasteiger charge is -2.18. The summed E-state index contributed by atoms with van der Waals surface area (Å²) in [5.41, 5.74) is 0.193. The van der Waals surface area contributed by atoms with Crippen molar-refractivity contribution in [2.45, 2.75) is 13.8 Å². The van der Waals surface area contributed by atoms with Crippen LogP contribution in [0.2, 0.25) is 0 Å². The predicted octanol–water partition coefficient (Wildman–Crippen LogP) is 1.27. The van der Waals surface area contributed by atoms with Crippen LogP contribution in [0.25, 0.3) is 0 Å². The molecule has 0 aromatic heterocycles. The Morgan fingerprint density at radius 2 is 1.70 bits per heavy atom. The Morgan fingerprint density at radius 3 is 2.20 bits per heavy atom. The van der Waals surface area contributed by atoms with Crippen molar-refractivity contribution in [3.63, 3.8) is 0 Å². The standard InChI is InChI=1S/C13H21N3O4/c1-3-16(4-2)6-5-14-13(20)15-9-7-10(17)12(19)11(18)8-9/h7-8,17-19H,3-6H2,1-2H3,(H2,14,15,20). The molecule has 1 aromatic rings. The number of aromatic hydroxyl groups is 3. The van der Waals surface area contributed by atoms with Crippen LogP contribution in [-0.2, 0) is 0 Å². The van der Waals surface area contributed by atoms with Crippen LogP contribution in [0.4, 0.5) is 10.5 Å². The molecule has 0 saturated heterocycles. The second-order valence-corrected chi connectivity index (χ2v) is 4.27. The molecule has 7 heteroatoms. The Bertz CT molecular complexity index is 438. The van der Waals surface area contributed by atoms with Gasteiger partial charge in [0.2, 0.25) is 0 Å². The lowest BCUT2D eigenvalue weighted by atomic mass is 10.2. The van der Waals surface area contributed by atoms with Crippen molar-refractivity contribution in [2.75, 3.05) is 31.5 Å². The van der Waals surface area contributed by atoms with E-state index in [9.17, 15) is 20.1 Å². The first-order chi connectivity index (χ1) is 9.47. The van der Waals surface area contributed by atoms with Gasteiger partial charge in [-0.25, -0.2) is 4.79 Å². The number of hydrogen-bond donors (Lipinski definition) is 5. The van der Waals surface area contributed by atoms with Crippen molar-refractivity contribution < 1.29 is 20.1 Å². The summed E-state index contributed by atoms with van der Waals surface area (Å²) in [4.78, 5) is 13.8. The monoisotopic (exact) mass is 283 g/mol. The van der Waals surface area contributed by atoms with Gasteiger partial charge in [0.1, 0.15) is 0 Å². The quantitative estimate of drug-likeness (QED) is 0.399. The van der Waals surface area contributed by atoms with Gasteiger partial charge in [0.05, 0.1) is 5.69 Å². The van der Waals surface area contributed by atoms with E-state index in [0.717, 1.165) is 31.8 Å². The third kappa shape index (κ3) is 4.51. The van der Waals surface area contributed by atoms with Gasteiger partial charge in [-0.3, -0.25) is 0 Å². The number of carbonyl (C=O) groups is 1. The highest BCUT2D eigenvalue weighted by Gasteiger charge is 2.10. The lowest BCUT2D eigenvalue weighted by molar-refractivity contribution is 0.248. The maximum atomic E-state index is 11.6. The summed E-state index contributed by atoms with van der Waals surface area (Å²) in [5, 5.41) is 33.0. The highest BCUT2D eigenvalue weighted by molar-refractivity contribution is 5.90. The van der Waals surface area contributed by atoms with Crippen LogP contribution in [0.5, 0.6) is 17.2 Å².